The Bertz CT molecular complexity index is 281. The molecule has 0 aromatic heterocycles. The third-order valence-corrected chi connectivity index (χ3v) is 2.11. The van der Waals surface area contributed by atoms with Crippen LogP contribution in [-0.4, -0.2) is 32.2 Å². The van der Waals surface area contributed by atoms with Crippen molar-refractivity contribution in [3.05, 3.63) is 30.3 Å². The molecule has 0 heterocycles. The molecule has 1 aromatic rings. The van der Waals surface area contributed by atoms with Crippen LogP contribution in [-0.2, 0) is 9.39 Å². The molecule has 0 spiro atoms. The van der Waals surface area contributed by atoms with Crippen molar-refractivity contribution in [2.24, 2.45) is 0 Å². The number of hydrogen-bond acceptors (Lipinski definition) is 4. The van der Waals surface area contributed by atoms with E-state index < -0.39 is 7.32 Å². The van der Waals surface area contributed by atoms with E-state index in [9.17, 15) is 5.02 Å². The van der Waals surface area contributed by atoms with Gasteiger partial charge in [-0.1, -0.05) is 31.5 Å². The van der Waals surface area contributed by atoms with Crippen molar-refractivity contribution >= 4 is 7.32 Å². The van der Waals surface area contributed by atoms with Gasteiger partial charge in [0, 0.05) is 6.61 Å². The second-order valence-electron chi connectivity index (χ2n) is 3.57. The molecule has 0 atom stereocenters. The predicted molar refractivity (Wildman–Crippen MR) is 66.7 cm³/mol. The molecule has 17 heavy (non-hydrogen) atoms. The number of unbranched alkanes of at least 4 members (excludes halogenated alkanes) is 1. The first-order valence-electron chi connectivity index (χ1n) is 5.92. The highest BCUT2D eigenvalue weighted by Gasteiger charge is 2.17. The van der Waals surface area contributed by atoms with Crippen LogP contribution in [0, 0.1) is 0 Å². The Hall–Kier alpha value is -1.04. The maximum Gasteiger partial charge on any atom is 0.710 e. The predicted octanol–water partition coefficient (Wildman–Crippen LogP) is 1.88. The molecule has 0 saturated carbocycles. The van der Waals surface area contributed by atoms with Crippen LogP contribution < -0.4 is 4.65 Å². The smallest absolute Gasteiger partial charge is 0.512 e. The molecule has 94 valence electrons. The lowest BCUT2D eigenvalue weighted by molar-refractivity contribution is 0.0798. The quantitative estimate of drug-likeness (QED) is 0.527. The zero-order valence-corrected chi connectivity index (χ0v) is 10.2. The minimum Gasteiger partial charge on any atom is -0.512 e. The standard InChI is InChI=1S/C12H19BO4/c1-2-3-9-15-10-11-16-13(14)17-12-7-5-4-6-8-12/h4-8,14H,2-3,9-11H2,1H3. The van der Waals surface area contributed by atoms with Gasteiger partial charge < -0.3 is 19.1 Å². The van der Waals surface area contributed by atoms with Crippen molar-refractivity contribution in [2.45, 2.75) is 19.8 Å². The van der Waals surface area contributed by atoms with Gasteiger partial charge in [0.15, 0.2) is 0 Å². The highest BCUT2D eigenvalue weighted by molar-refractivity contribution is 6.35. The minimum absolute atomic E-state index is 0.317. The fourth-order valence-corrected chi connectivity index (χ4v) is 1.21. The maximum absolute atomic E-state index is 9.41. The summed E-state index contributed by atoms with van der Waals surface area (Å²) in [5, 5.41) is 9.41. The Balaban J connectivity index is 2.03. The number of ether oxygens (including phenoxy) is 1. The lowest BCUT2D eigenvalue weighted by atomic mass is 10.2. The second kappa shape index (κ2) is 9.04. The Kier molecular flexibility index (Phi) is 7.46. The summed E-state index contributed by atoms with van der Waals surface area (Å²) in [6, 6.07) is 9.04. The van der Waals surface area contributed by atoms with E-state index in [1.54, 1.807) is 12.1 Å². The number of hydrogen-bond donors (Lipinski definition) is 1. The molecule has 0 unspecified atom stereocenters. The van der Waals surface area contributed by atoms with Crippen molar-refractivity contribution in [1.82, 2.24) is 0 Å². The Morgan fingerprint density at radius 2 is 1.88 bits per heavy atom. The van der Waals surface area contributed by atoms with Crippen LogP contribution in [0.3, 0.4) is 0 Å². The van der Waals surface area contributed by atoms with Crippen LogP contribution in [0.1, 0.15) is 19.8 Å². The lowest BCUT2D eigenvalue weighted by Gasteiger charge is -2.09. The molecule has 0 amide bonds. The van der Waals surface area contributed by atoms with E-state index >= 15 is 0 Å². The normalized spacial score (nSPS) is 10.2. The van der Waals surface area contributed by atoms with E-state index in [2.05, 4.69) is 6.92 Å². The van der Waals surface area contributed by atoms with E-state index in [-0.39, 0.29) is 0 Å². The van der Waals surface area contributed by atoms with Crippen LogP contribution in [0.2, 0.25) is 0 Å². The van der Waals surface area contributed by atoms with Crippen molar-refractivity contribution in [1.29, 1.82) is 0 Å². The Labute approximate surface area is 103 Å². The third kappa shape index (κ3) is 6.99. The zero-order valence-electron chi connectivity index (χ0n) is 10.2. The van der Waals surface area contributed by atoms with Crippen LogP contribution >= 0.6 is 0 Å². The molecule has 0 radical (unpaired) electrons. The van der Waals surface area contributed by atoms with Crippen molar-refractivity contribution in [3.63, 3.8) is 0 Å². The summed E-state index contributed by atoms with van der Waals surface area (Å²) in [6.45, 7) is 3.62. The van der Waals surface area contributed by atoms with Crippen LogP contribution in [0.4, 0.5) is 0 Å². The molecular formula is C12H19BO4. The van der Waals surface area contributed by atoms with E-state index in [1.807, 2.05) is 18.2 Å². The molecule has 4 nitrogen and oxygen atoms in total. The zero-order chi connectivity index (χ0) is 12.3. The summed E-state index contributed by atoms with van der Waals surface area (Å²) in [5.41, 5.74) is 0. The number of benzene rings is 1. The maximum atomic E-state index is 9.41. The van der Waals surface area contributed by atoms with Crippen LogP contribution in [0.25, 0.3) is 0 Å². The van der Waals surface area contributed by atoms with E-state index in [0.717, 1.165) is 19.4 Å². The molecule has 1 aromatic carbocycles. The van der Waals surface area contributed by atoms with Gasteiger partial charge in [-0.25, -0.2) is 0 Å². The molecule has 0 aliphatic rings. The summed E-state index contributed by atoms with van der Waals surface area (Å²) < 4.78 is 15.4. The largest absolute Gasteiger partial charge is 0.710 e. The Morgan fingerprint density at radius 3 is 2.59 bits per heavy atom. The topological polar surface area (TPSA) is 47.9 Å². The first-order valence-corrected chi connectivity index (χ1v) is 5.92. The van der Waals surface area contributed by atoms with Gasteiger partial charge in [-0.3, -0.25) is 0 Å². The third-order valence-electron chi connectivity index (χ3n) is 2.11. The number of rotatable bonds is 9. The molecule has 0 fully saturated rings. The van der Waals surface area contributed by atoms with Gasteiger partial charge in [0.25, 0.3) is 0 Å². The lowest BCUT2D eigenvalue weighted by Crippen LogP contribution is -2.27. The molecule has 0 aliphatic carbocycles. The number of para-hydroxylation sites is 1. The molecule has 0 aliphatic heterocycles. The van der Waals surface area contributed by atoms with E-state index in [0.29, 0.717) is 19.0 Å². The highest BCUT2D eigenvalue weighted by atomic mass is 16.7. The van der Waals surface area contributed by atoms with E-state index in [1.165, 1.54) is 0 Å². The Morgan fingerprint density at radius 1 is 1.12 bits per heavy atom. The monoisotopic (exact) mass is 238 g/mol. The van der Waals surface area contributed by atoms with Gasteiger partial charge in [0.1, 0.15) is 5.75 Å². The van der Waals surface area contributed by atoms with E-state index in [4.69, 9.17) is 14.0 Å². The summed E-state index contributed by atoms with van der Waals surface area (Å²) in [6.07, 6.45) is 2.16. The highest BCUT2D eigenvalue weighted by Crippen LogP contribution is 2.08. The SMILES string of the molecule is CCCCOCCOB(O)Oc1ccccc1. The molecule has 5 heteroatoms. The first kappa shape index (κ1) is 14.0. The minimum atomic E-state index is -1.24. The van der Waals surface area contributed by atoms with Gasteiger partial charge in [-0.05, 0) is 18.6 Å². The van der Waals surface area contributed by atoms with Crippen molar-refractivity contribution < 1.29 is 19.1 Å². The van der Waals surface area contributed by atoms with Crippen molar-refractivity contribution in [2.75, 3.05) is 19.8 Å². The van der Waals surface area contributed by atoms with Gasteiger partial charge >= 0.3 is 7.32 Å². The fourth-order valence-electron chi connectivity index (χ4n) is 1.21. The average molecular weight is 238 g/mol. The average Bonchev–Trinajstić information content (AvgIpc) is 2.35. The van der Waals surface area contributed by atoms with Crippen LogP contribution in [0.15, 0.2) is 30.3 Å². The van der Waals surface area contributed by atoms with Gasteiger partial charge in [0.2, 0.25) is 0 Å². The van der Waals surface area contributed by atoms with Gasteiger partial charge in [0.05, 0.1) is 13.2 Å². The van der Waals surface area contributed by atoms with Crippen molar-refractivity contribution in [3.8, 4) is 5.75 Å². The molecule has 0 saturated heterocycles. The summed E-state index contributed by atoms with van der Waals surface area (Å²) >= 11 is 0. The molecular weight excluding hydrogens is 219 g/mol. The summed E-state index contributed by atoms with van der Waals surface area (Å²) in [4.78, 5) is 0. The second-order valence-corrected chi connectivity index (χ2v) is 3.57. The fraction of sp³-hybridized carbons (Fsp3) is 0.500. The summed E-state index contributed by atoms with van der Waals surface area (Å²) in [7, 11) is -1.24. The first-order chi connectivity index (χ1) is 8.33. The van der Waals surface area contributed by atoms with Gasteiger partial charge in [-0.2, -0.15) is 0 Å². The van der Waals surface area contributed by atoms with Gasteiger partial charge in [-0.15, -0.1) is 0 Å². The molecule has 1 rings (SSSR count). The molecule has 0 bridgehead atoms. The van der Waals surface area contributed by atoms with Crippen LogP contribution in [0.5, 0.6) is 5.75 Å². The summed E-state index contributed by atoms with van der Waals surface area (Å²) in [5.74, 6) is 0.576. The molecule has 1 N–H and O–H groups in total.